The van der Waals surface area contributed by atoms with Crippen LogP contribution in [0.15, 0.2) is 0 Å². The van der Waals surface area contributed by atoms with Crippen LogP contribution in [0.1, 0.15) is 106 Å². The van der Waals surface area contributed by atoms with Gasteiger partial charge in [0.2, 0.25) is 0 Å². The van der Waals surface area contributed by atoms with Gasteiger partial charge in [-0.3, -0.25) is 9.59 Å². The predicted octanol–water partition coefficient (Wildman–Crippen LogP) is 6.07. The molecule has 0 amide bonds. The predicted molar refractivity (Wildman–Crippen MR) is 107 cm³/mol. The van der Waals surface area contributed by atoms with Crippen LogP contribution in [0.25, 0.3) is 0 Å². The van der Waals surface area contributed by atoms with Crippen LogP contribution in [0.5, 0.6) is 0 Å². The van der Waals surface area contributed by atoms with Crippen LogP contribution in [-0.2, 0) is 19.1 Å². The Morgan fingerprint density at radius 3 is 1.31 bits per heavy atom. The van der Waals surface area contributed by atoms with Crippen molar-refractivity contribution in [1.29, 1.82) is 0 Å². The normalized spacial score (nSPS) is 12.1. The maximum atomic E-state index is 11.8. The molecule has 0 fully saturated rings. The van der Waals surface area contributed by atoms with E-state index in [1.807, 2.05) is 0 Å². The monoisotopic (exact) mass is 370 g/mol. The van der Waals surface area contributed by atoms with Gasteiger partial charge in [0, 0.05) is 12.8 Å². The number of rotatable bonds is 15. The molecule has 26 heavy (non-hydrogen) atoms. The van der Waals surface area contributed by atoms with E-state index in [0.717, 1.165) is 38.5 Å². The lowest BCUT2D eigenvalue weighted by atomic mass is 9.88. The molecule has 0 heterocycles. The summed E-state index contributed by atoms with van der Waals surface area (Å²) in [5.41, 5.74) is 0.0834. The van der Waals surface area contributed by atoms with Crippen molar-refractivity contribution in [3.8, 4) is 0 Å². The van der Waals surface area contributed by atoms with E-state index in [0.29, 0.717) is 38.9 Å². The van der Waals surface area contributed by atoms with E-state index in [4.69, 9.17) is 9.47 Å². The Morgan fingerprint density at radius 1 is 0.654 bits per heavy atom. The van der Waals surface area contributed by atoms with Gasteiger partial charge < -0.3 is 9.47 Å². The van der Waals surface area contributed by atoms with Crippen LogP contribution < -0.4 is 0 Å². The average Bonchev–Trinajstić information content (AvgIpc) is 2.58. The van der Waals surface area contributed by atoms with Gasteiger partial charge in [0.05, 0.1) is 13.2 Å². The minimum atomic E-state index is -0.163. The Labute approximate surface area is 161 Å². The molecule has 0 bridgehead atoms. The molecule has 0 aliphatic carbocycles. The number of hydrogen-bond acceptors (Lipinski definition) is 4. The molecule has 0 radical (unpaired) electrons. The van der Waals surface area contributed by atoms with Crippen molar-refractivity contribution in [2.45, 2.75) is 106 Å². The molecule has 0 unspecified atom stereocenters. The van der Waals surface area contributed by atoms with Crippen molar-refractivity contribution >= 4 is 11.9 Å². The lowest BCUT2D eigenvalue weighted by Crippen LogP contribution is -2.22. The van der Waals surface area contributed by atoms with Gasteiger partial charge in [0.1, 0.15) is 0 Å². The van der Waals surface area contributed by atoms with Gasteiger partial charge in [-0.1, -0.05) is 67.2 Å². The topological polar surface area (TPSA) is 52.6 Å². The average molecular weight is 371 g/mol. The minimum Gasteiger partial charge on any atom is -0.465 e. The summed E-state index contributed by atoms with van der Waals surface area (Å²) in [5.74, 6) is -0.327. The van der Waals surface area contributed by atoms with Crippen molar-refractivity contribution in [2.75, 3.05) is 13.2 Å². The molecule has 154 valence electrons. The van der Waals surface area contributed by atoms with Crippen molar-refractivity contribution in [2.24, 2.45) is 10.8 Å². The van der Waals surface area contributed by atoms with Gasteiger partial charge in [-0.2, -0.15) is 0 Å². The van der Waals surface area contributed by atoms with Gasteiger partial charge >= 0.3 is 11.9 Å². The fourth-order valence-electron chi connectivity index (χ4n) is 2.69. The molecule has 0 aromatic heterocycles. The Balaban J connectivity index is 3.81. The fraction of sp³-hybridized carbons (Fsp3) is 0.909. The summed E-state index contributed by atoms with van der Waals surface area (Å²) < 4.78 is 10.8. The van der Waals surface area contributed by atoms with E-state index in [1.165, 1.54) is 0 Å². The highest BCUT2D eigenvalue weighted by Gasteiger charge is 2.20. The third kappa shape index (κ3) is 14.1. The number of ether oxygens (including phenoxy) is 2. The second-order valence-electron chi connectivity index (χ2n) is 9.06. The standard InChI is InChI=1S/C22H42O4/c1-7-9-15-21(3,4)17-25-19(23)13-11-12-14-20(24)26-18-22(5,6)16-10-8-2/h7-18H2,1-6H3. The van der Waals surface area contributed by atoms with Crippen LogP contribution in [0.3, 0.4) is 0 Å². The zero-order valence-corrected chi connectivity index (χ0v) is 18.1. The first-order valence-electron chi connectivity index (χ1n) is 10.4. The molecule has 0 aromatic carbocycles. The molecule has 4 nitrogen and oxygen atoms in total. The van der Waals surface area contributed by atoms with Crippen molar-refractivity contribution in [1.82, 2.24) is 0 Å². The zero-order valence-electron chi connectivity index (χ0n) is 18.1. The Kier molecular flexibility index (Phi) is 12.6. The molecule has 4 heteroatoms. The highest BCUT2D eigenvalue weighted by Crippen LogP contribution is 2.24. The third-order valence-corrected chi connectivity index (χ3v) is 4.67. The molecule has 0 rings (SSSR count). The second-order valence-corrected chi connectivity index (χ2v) is 9.06. The third-order valence-electron chi connectivity index (χ3n) is 4.67. The van der Waals surface area contributed by atoms with Crippen LogP contribution in [0.4, 0.5) is 0 Å². The number of unbranched alkanes of at least 4 members (excludes halogenated alkanes) is 3. The molecule has 0 atom stereocenters. The molecule has 0 saturated heterocycles. The Morgan fingerprint density at radius 2 is 1.00 bits per heavy atom. The summed E-state index contributed by atoms with van der Waals surface area (Å²) >= 11 is 0. The summed E-state index contributed by atoms with van der Waals surface area (Å²) in [4.78, 5) is 23.7. The Bertz CT molecular complexity index is 361. The van der Waals surface area contributed by atoms with E-state index in [1.54, 1.807) is 0 Å². The van der Waals surface area contributed by atoms with E-state index in [2.05, 4.69) is 41.5 Å². The summed E-state index contributed by atoms with van der Waals surface area (Å²) in [5, 5.41) is 0. The summed E-state index contributed by atoms with van der Waals surface area (Å²) in [6, 6.07) is 0. The molecule has 0 aliphatic heterocycles. The number of carbonyl (C=O) groups excluding carboxylic acids is 2. The van der Waals surface area contributed by atoms with E-state index >= 15 is 0 Å². The zero-order chi connectivity index (χ0) is 20.1. The number of esters is 2. The first-order valence-corrected chi connectivity index (χ1v) is 10.4. The quantitative estimate of drug-likeness (QED) is 0.259. The highest BCUT2D eigenvalue weighted by molar-refractivity contribution is 5.70. The van der Waals surface area contributed by atoms with Gasteiger partial charge in [0.15, 0.2) is 0 Å². The molecular formula is C22H42O4. The van der Waals surface area contributed by atoms with Crippen LogP contribution in [0, 0.1) is 10.8 Å². The molecule has 0 spiro atoms. The van der Waals surface area contributed by atoms with Gasteiger partial charge in [-0.05, 0) is 36.5 Å². The first-order chi connectivity index (χ1) is 12.1. The maximum absolute atomic E-state index is 11.8. The van der Waals surface area contributed by atoms with Gasteiger partial charge in [-0.25, -0.2) is 0 Å². The maximum Gasteiger partial charge on any atom is 0.305 e. The smallest absolute Gasteiger partial charge is 0.305 e. The minimum absolute atomic E-state index is 0.0417. The van der Waals surface area contributed by atoms with Crippen LogP contribution >= 0.6 is 0 Å². The fourth-order valence-corrected chi connectivity index (χ4v) is 2.69. The summed E-state index contributed by atoms with van der Waals surface area (Å²) in [6.07, 6.45) is 8.84. The highest BCUT2D eigenvalue weighted by atomic mass is 16.5. The summed E-state index contributed by atoms with van der Waals surface area (Å²) in [6.45, 7) is 13.8. The number of carbonyl (C=O) groups is 2. The molecule has 0 N–H and O–H groups in total. The van der Waals surface area contributed by atoms with Gasteiger partial charge in [0.25, 0.3) is 0 Å². The molecule has 0 aliphatic rings. The molecule has 0 aromatic rings. The SMILES string of the molecule is CCCCC(C)(C)COC(=O)CCCCC(=O)OCC(C)(C)CCCC. The lowest BCUT2D eigenvalue weighted by molar-refractivity contribution is -0.149. The van der Waals surface area contributed by atoms with E-state index in [9.17, 15) is 9.59 Å². The van der Waals surface area contributed by atoms with Crippen molar-refractivity contribution in [3.63, 3.8) is 0 Å². The second kappa shape index (κ2) is 13.2. The van der Waals surface area contributed by atoms with E-state index < -0.39 is 0 Å². The van der Waals surface area contributed by atoms with Crippen LogP contribution in [0.2, 0.25) is 0 Å². The van der Waals surface area contributed by atoms with Crippen molar-refractivity contribution < 1.29 is 19.1 Å². The lowest BCUT2D eigenvalue weighted by Gasteiger charge is -2.24. The molecule has 0 saturated carbocycles. The largest absolute Gasteiger partial charge is 0.465 e. The van der Waals surface area contributed by atoms with Crippen LogP contribution in [-0.4, -0.2) is 25.2 Å². The Hall–Kier alpha value is -1.06. The number of hydrogen-bond donors (Lipinski definition) is 0. The molecular weight excluding hydrogens is 328 g/mol. The summed E-state index contributed by atoms with van der Waals surface area (Å²) in [7, 11) is 0. The van der Waals surface area contributed by atoms with Crippen molar-refractivity contribution in [3.05, 3.63) is 0 Å². The first kappa shape index (κ1) is 24.9. The van der Waals surface area contributed by atoms with Gasteiger partial charge in [-0.15, -0.1) is 0 Å². The van der Waals surface area contributed by atoms with E-state index in [-0.39, 0.29) is 22.8 Å².